The maximum Gasteiger partial charge on any atom is 0.212 e. The molecule has 1 aromatic rings. The lowest BCUT2D eigenvalue weighted by Gasteiger charge is -2.37. The van der Waals surface area contributed by atoms with Gasteiger partial charge in [-0.2, -0.15) is 0 Å². The Kier molecular flexibility index (Phi) is 4.01. The van der Waals surface area contributed by atoms with Crippen molar-refractivity contribution in [3.05, 3.63) is 35.9 Å². The maximum atomic E-state index is 12.6. The minimum absolute atomic E-state index is 0.00424. The van der Waals surface area contributed by atoms with E-state index in [0.29, 0.717) is 18.1 Å². The molecule has 0 unspecified atom stereocenters. The van der Waals surface area contributed by atoms with Crippen LogP contribution in [0.5, 0.6) is 0 Å². The fraction of sp³-hybridized carbons (Fsp3) is 0.588. The van der Waals surface area contributed by atoms with Crippen molar-refractivity contribution in [2.75, 3.05) is 5.75 Å². The number of nitrogens with zero attached hydrogens (tertiary/aromatic N) is 1. The Morgan fingerprint density at radius 3 is 2.61 bits per heavy atom. The van der Waals surface area contributed by atoms with Gasteiger partial charge in [-0.25, -0.2) is 13.1 Å². The molecule has 0 saturated heterocycles. The van der Waals surface area contributed by atoms with Gasteiger partial charge in [-0.15, -0.1) is 0 Å². The highest BCUT2D eigenvalue weighted by atomic mass is 32.2. The standard InChI is InChI=1S/C17H24N2O3S/c1-16(2)14-8-9-17(16,15(10-14)19-20)12-23(21,22)18-11-13-6-4-3-5-7-13/h3-7,14,18,20H,8-12H2,1-2H3/t14-,17-/m1/s1. The molecule has 2 N–H and O–H groups in total. The van der Waals surface area contributed by atoms with Crippen LogP contribution in [0.1, 0.15) is 38.7 Å². The second kappa shape index (κ2) is 5.60. The van der Waals surface area contributed by atoms with Crippen LogP contribution in [-0.2, 0) is 16.6 Å². The molecule has 23 heavy (non-hydrogen) atoms. The molecule has 0 amide bonds. The smallest absolute Gasteiger partial charge is 0.212 e. The normalized spacial score (nSPS) is 30.9. The molecule has 0 heterocycles. The van der Waals surface area contributed by atoms with Crippen LogP contribution in [0.15, 0.2) is 35.5 Å². The third-order valence-electron chi connectivity index (χ3n) is 6.06. The fourth-order valence-electron chi connectivity index (χ4n) is 4.44. The highest BCUT2D eigenvalue weighted by Gasteiger charge is 2.64. The highest BCUT2D eigenvalue weighted by Crippen LogP contribution is 2.64. The summed E-state index contributed by atoms with van der Waals surface area (Å²) in [6.45, 7) is 4.50. The molecule has 2 bridgehead atoms. The van der Waals surface area contributed by atoms with E-state index in [1.54, 1.807) is 0 Å². The number of oxime groups is 1. The van der Waals surface area contributed by atoms with Gasteiger partial charge in [0.15, 0.2) is 0 Å². The molecule has 2 aliphatic rings. The summed E-state index contributed by atoms with van der Waals surface area (Å²) in [5, 5.41) is 12.8. The zero-order valence-electron chi connectivity index (χ0n) is 13.6. The molecule has 2 saturated carbocycles. The minimum atomic E-state index is -3.46. The van der Waals surface area contributed by atoms with Gasteiger partial charge in [0.1, 0.15) is 0 Å². The van der Waals surface area contributed by atoms with Gasteiger partial charge in [0.25, 0.3) is 0 Å². The molecule has 3 rings (SSSR count). The minimum Gasteiger partial charge on any atom is -0.411 e. The molecule has 0 aliphatic heterocycles. The lowest BCUT2D eigenvalue weighted by molar-refractivity contribution is 0.192. The maximum absolute atomic E-state index is 12.6. The molecule has 6 heteroatoms. The van der Waals surface area contributed by atoms with E-state index in [-0.39, 0.29) is 17.7 Å². The molecule has 0 aromatic heterocycles. The van der Waals surface area contributed by atoms with E-state index in [9.17, 15) is 13.6 Å². The molecule has 5 nitrogen and oxygen atoms in total. The van der Waals surface area contributed by atoms with Crippen LogP contribution in [0.25, 0.3) is 0 Å². The number of fused-ring (bicyclic) bond motifs is 2. The van der Waals surface area contributed by atoms with Crippen molar-refractivity contribution in [1.29, 1.82) is 0 Å². The van der Waals surface area contributed by atoms with Crippen molar-refractivity contribution in [2.24, 2.45) is 21.9 Å². The third kappa shape index (κ3) is 2.68. The second-order valence-electron chi connectivity index (χ2n) is 7.36. The van der Waals surface area contributed by atoms with E-state index in [2.05, 4.69) is 23.7 Å². The summed E-state index contributed by atoms with van der Waals surface area (Å²) in [4.78, 5) is 0. The fourth-order valence-corrected chi connectivity index (χ4v) is 6.26. The monoisotopic (exact) mass is 336 g/mol. The highest BCUT2D eigenvalue weighted by molar-refractivity contribution is 7.89. The number of benzene rings is 1. The lowest BCUT2D eigenvalue weighted by Crippen LogP contribution is -2.45. The Morgan fingerprint density at radius 2 is 2.00 bits per heavy atom. The summed E-state index contributed by atoms with van der Waals surface area (Å²) in [5.41, 5.74) is 0.883. The quantitative estimate of drug-likeness (QED) is 0.641. The summed E-state index contributed by atoms with van der Waals surface area (Å²) in [6.07, 6.45) is 2.48. The van der Waals surface area contributed by atoms with Gasteiger partial charge in [-0.3, -0.25) is 0 Å². The van der Waals surface area contributed by atoms with Gasteiger partial charge in [-0.1, -0.05) is 49.3 Å². The Morgan fingerprint density at radius 1 is 1.30 bits per heavy atom. The number of sulfonamides is 1. The molecule has 126 valence electrons. The van der Waals surface area contributed by atoms with Crippen molar-refractivity contribution in [2.45, 2.75) is 39.7 Å². The van der Waals surface area contributed by atoms with Gasteiger partial charge < -0.3 is 5.21 Å². The second-order valence-corrected chi connectivity index (χ2v) is 9.16. The Hall–Kier alpha value is -1.40. The molecule has 2 atom stereocenters. The largest absolute Gasteiger partial charge is 0.411 e. The van der Waals surface area contributed by atoms with Gasteiger partial charge in [-0.05, 0) is 36.2 Å². The molecule has 1 aromatic carbocycles. The first kappa shape index (κ1) is 16.5. The first-order valence-corrected chi connectivity index (χ1v) is 9.69. The summed E-state index contributed by atoms with van der Waals surface area (Å²) in [6, 6.07) is 9.47. The Balaban J connectivity index is 1.79. The first-order valence-electron chi connectivity index (χ1n) is 8.03. The lowest BCUT2D eigenvalue weighted by atomic mass is 9.70. The van der Waals surface area contributed by atoms with Crippen LogP contribution in [-0.4, -0.2) is 25.1 Å². The van der Waals surface area contributed by atoms with Gasteiger partial charge in [0.2, 0.25) is 10.0 Å². The van der Waals surface area contributed by atoms with E-state index in [4.69, 9.17) is 0 Å². The van der Waals surface area contributed by atoms with Crippen molar-refractivity contribution >= 4 is 15.7 Å². The topological polar surface area (TPSA) is 78.8 Å². The number of rotatable bonds is 5. The number of hydrogen-bond acceptors (Lipinski definition) is 4. The van der Waals surface area contributed by atoms with Crippen LogP contribution in [0.3, 0.4) is 0 Å². The summed E-state index contributed by atoms with van der Waals surface area (Å²) in [5.74, 6) is 0.396. The molecule has 2 aliphatic carbocycles. The summed E-state index contributed by atoms with van der Waals surface area (Å²) >= 11 is 0. The number of hydrogen-bond donors (Lipinski definition) is 2. The third-order valence-corrected chi connectivity index (χ3v) is 7.52. The average Bonchev–Trinajstić information content (AvgIpc) is 2.87. The first-order chi connectivity index (χ1) is 10.8. The van der Waals surface area contributed by atoms with E-state index < -0.39 is 15.4 Å². The zero-order chi connectivity index (χ0) is 16.7. The van der Waals surface area contributed by atoms with Crippen molar-refractivity contribution < 1.29 is 13.6 Å². The van der Waals surface area contributed by atoms with Crippen molar-refractivity contribution in [3.63, 3.8) is 0 Å². The van der Waals surface area contributed by atoms with Crippen LogP contribution in [0.2, 0.25) is 0 Å². The Bertz CT molecular complexity index is 713. The van der Waals surface area contributed by atoms with E-state index in [0.717, 1.165) is 18.4 Å². The summed E-state index contributed by atoms with van der Waals surface area (Å²) in [7, 11) is -3.46. The predicted molar refractivity (Wildman–Crippen MR) is 89.8 cm³/mol. The summed E-state index contributed by atoms with van der Waals surface area (Å²) < 4.78 is 28.0. The SMILES string of the molecule is CC1(C)[C@@H]2CC[C@@]1(CS(=O)(=O)NCc1ccccc1)C(=NO)C2. The van der Waals surface area contributed by atoms with Gasteiger partial charge in [0.05, 0.1) is 11.5 Å². The van der Waals surface area contributed by atoms with Crippen LogP contribution in [0, 0.1) is 16.7 Å². The van der Waals surface area contributed by atoms with Crippen LogP contribution in [0.4, 0.5) is 0 Å². The van der Waals surface area contributed by atoms with Gasteiger partial charge in [0, 0.05) is 12.0 Å². The average molecular weight is 336 g/mol. The van der Waals surface area contributed by atoms with Gasteiger partial charge >= 0.3 is 0 Å². The molecule has 2 fully saturated rings. The number of nitrogens with one attached hydrogen (secondary N) is 1. The molecule has 0 spiro atoms. The van der Waals surface area contributed by atoms with E-state index >= 15 is 0 Å². The van der Waals surface area contributed by atoms with Crippen molar-refractivity contribution in [3.8, 4) is 0 Å². The van der Waals surface area contributed by atoms with Crippen LogP contribution >= 0.6 is 0 Å². The molecular weight excluding hydrogens is 312 g/mol. The zero-order valence-corrected chi connectivity index (χ0v) is 14.4. The predicted octanol–water partition coefficient (Wildman–Crippen LogP) is 2.76. The molecular formula is C17H24N2O3S. The van der Waals surface area contributed by atoms with E-state index in [1.165, 1.54) is 0 Å². The van der Waals surface area contributed by atoms with E-state index in [1.807, 2.05) is 30.3 Å². The van der Waals surface area contributed by atoms with Crippen LogP contribution < -0.4 is 4.72 Å². The van der Waals surface area contributed by atoms with Crippen molar-refractivity contribution in [1.82, 2.24) is 4.72 Å². The molecule has 0 radical (unpaired) electrons. The Labute approximate surface area is 137 Å².